The third-order valence-corrected chi connectivity index (χ3v) is 3.74. The molecule has 130 valence electrons. The fraction of sp³-hybridized carbons (Fsp3) is 0.667. The van der Waals surface area contributed by atoms with Crippen molar-refractivity contribution in [3.8, 4) is 0 Å². The lowest BCUT2D eigenvalue weighted by molar-refractivity contribution is -0.142. The molecule has 11 heteroatoms. The molecule has 1 rings (SSSR count). The van der Waals surface area contributed by atoms with Gasteiger partial charge in [-0.3, -0.25) is 14.4 Å². The maximum absolute atomic E-state index is 11.8. The molecule has 4 atom stereocenters. The van der Waals surface area contributed by atoms with Gasteiger partial charge in [0.25, 0.3) is 5.91 Å². The van der Waals surface area contributed by atoms with E-state index in [-0.39, 0.29) is 6.54 Å². The third-order valence-electron chi connectivity index (χ3n) is 3.10. The third kappa shape index (κ3) is 6.04. The van der Waals surface area contributed by atoms with Crippen molar-refractivity contribution in [2.75, 3.05) is 18.6 Å². The van der Waals surface area contributed by atoms with Crippen molar-refractivity contribution in [2.45, 2.75) is 30.7 Å². The number of carbonyl (C=O) groups excluding carboxylic acids is 3. The van der Waals surface area contributed by atoms with Crippen LogP contribution >= 0.6 is 11.8 Å². The molecule has 0 aromatic rings. The Morgan fingerprint density at radius 2 is 1.96 bits per heavy atom. The number of amides is 3. The SMILES string of the molecule is CSCC[C@H](N)C(=O)N[C@@H](CNC(=O)C1OC1C(N)=O)C(=O)O. The lowest BCUT2D eigenvalue weighted by atomic mass is 10.2. The number of rotatable bonds is 10. The van der Waals surface area contributed by atoms with Crippen LogP contribution < -0.4 is 22.1 Å². The highest BCUT2D eigenvalue weighted by Crippen LogP contribution is 2.21. The van der Waals surface area contributed by atoms with Crippen LogP contribution in [0.25, 0.3) is 0 Å². The van der Waals surface area contributed by atoms with Gasteiger partial charge in [-0.15, -0.1) is 0 Å². The highest BCUT2D eigenvalue weighted by molar-refractivity contribution is 7.98. The first-order valence-corrected chi connectivity index (χ1v) is 8.17. The number of hydrogen-bond donors (Lipinski definition) is 5. The lowest BCUT2D eigenvalue weighted by Crippen LogP contribution is -2.53. The second-order valence-electron chi connectivity index (χ2n) is 4.91. The monoisotopic (exact) mass is 348 g/mol. The van der Waals surface area contributed by atoms with Crippen LogP contribution in [0.4, 0.5) is 0 Å². The molecule has 0 aromatic carbocycles. The maximum Gasteiger partial charge on any atom is 0.328 e. The number of primary amides is 1. The molecule has 23 heavy (non-hydrogen) atoms. The molecule has 1 fully saturated rings. The molecule has 2 unspecified atom stereocenters. The minimum atomic E-state index is -1.34. The van der Waals surface area contributed by atoms with Crippen molar-refractivity contribution in [3.05, 3.63) is 0 Å². The maximum atomic E-state index is 11.8. The molecular formula is C12H20N4O6S. The first-order valence-electron chi connectivity index (χ1n) is 6.78. The van der Waals surface area contributed by atoms with Crippen LogP contribution in [0.2, 0.25) is 0 Å². The van der Waals surface area contributed by atoms with E-state index in [1.165, 1.54) is 11.8 Å². The highest BCUT2D eigenvalue weighted by Gasteiger charge is 2.49. The molecule has 3 amide bonds. The van der Waals surface area contributed by atoms with Gasteiger partial charge in [-0.1, -0.05) is 0 Å². The molecule has 1 heterocycles. The van der Waals surface area contributed by atoms with Crippen LogP contribution in [-0.2, 0) is 23.9 Å². The fourth-order valence-electron chi connectivity index (χ4n) is 1.69. The molecule has 1 aliphatic rings. The van der Waals surface area contributed by atoms with E-state index in [4.69, 9.17) is 21.3 Å². The molecule has 0 spiro atoms. The smallest absolute Gasteiger partial charge is 0.328 e. The van der Waals surface area contributed by atoms with Crippen LogP contribution in [0.5, 0.6) is 0 Å². The number of hydrogen-bond acceptors (Lipinski definition) is 7. The van der Waals surface area contributed by atoms with Gasteiger partial charge in [0.15, 0.2) is 12.2 Å². The molecule has 1 saturated heterocycles. The van der Waals surface area contributed by atoms with Crippen LogP contribution in [-0.4, -0.2) is 71.6 Å². The number of carboxylic acid groups (broad SMARTS) is 1. The van der Waals surface area contributed by atoms with E-state index < -0.39 is 48.0 Å². The van der Waals surface area contributed by atoms with Gasteiger partial charge in [-0.2, -0.15) is 11.8 Å². The minimum absolute atomic E-state index is 0.361. The zero-order valence-corrected chi connectivity index (χ0v) is 13.3. The lowest BCUT2D eigenvalue weighted by Gasteiger charge is -2.18. The second kappa shape index (κ2) is 8.70. The second-order valence-corrected chi connectivity index (χ2v) is 5.90. The summed E-state index contributed by atoms with van der Waals surface area (Å²) in [6.45, 7) is -0.361. The van der Waals surface area contributed by atoms with Gasteiger partial charge in [-0.05, 0) is 18.4 Å². The van der Waals surface area contributed by atoms with Crippen LogP contribution in [0.1, 0.15) is 6.42 Å². The zero-order valence-electron chi connectivity index (χ0n) is 12.5. The summed E-state index contributed by atoms with van der Waals surface area (Å²) in [5, 5.41) is 13.6. The summed E-state index contributed by atoms with van der Waals surface area (Å²) in [5.41, 5.74) is 10.6. The summed E-state index contributed by atoms with van der Waals surface area (Å²) in [5.74, 6) is -2.71. The van der Waals surface area contributed by atoms with Crippen molar-refractivity contribution in [3.63, 3.8) is 0 Å². The standard InChI is InChI=1S/C12H20N4O6S/c1-23-3-2-5(13)10(18)16-6(12(20)21)4-15-11(19)8-7(22-8)9(14)17/h5-8H,2-4,13H2,1H3,(H2,14,17)(H,15,19)(H,16,18)(H,20,21)/t5-,6-,7?,8?/m0/s1. The summed E-state index contributed by atoms with van der Waals surface area (Å²) < 4.78 is 4.75. The summed E-state index contributed by atoms with van der Waals surface area (Å²) in [4.78, 5) is 45.3. The van der Waals surface area contributed by atoms with Crippen LogP contribution in [0, 0.1) is 0 Å². The average Bonchev–Trinajstić information content (AvgIpc) is 3.28. The van der Waals surface area contributed by atoms with E-state index in [2.05, 4.69) is 10.6 Å². The van der Waals surface area contributed by atoms with Crippen LogP contribution in [0.3, 0.4) is 0 Å². The van der Waals surface area contributed by atoms with Gasteiger partial charge in [-0.25, -0.2) is 4.79 Å². The first kappa shape index (κ1) is 19.2. The molecule has 0 saturated carbocycles. The molecule has 0 aromatic heterocycles. The molecule has 0 bridgehead atoms. The largest absolute Gasteiger partial charge is 0.480 e. The van der Waals surface area contributed by atoms with E-state index >= 15 is 0 Å². The minimum Gasteiger partial charge on any atom is -0.480 e. The van der Waals surface area contributed by atoms with E-state index in [0.717, 1.165) is 0 Å². The number of nitrogens with two attached hydrogens (primary N) is 2. The van der Waals surface area contributed by atoms with Gasteiger partial charge in [0, 0.05) is 6.54 Å². The Balaban J connectivity index is 2.43. The molecule has 1 aliphatic heterocycles. The molecular weight excluding hydrogens is 328 g/mol. The fourth-order valence-corrected chi connectivity index (χ4v) is 2.18. The van der Waals surface area contributed by atoms with Crippen LogP contribution in [0.15, 0.2) is 0 Å². The Labute approximate surface area is 136 Å². The normalized spacial score (nSPS) is 21.8. The van der Waals surface area contributed by atoms with Gasteiger partial charge >= 0.3 is 5.97 Å². The average molecular weight is 348 g/mol. The summed E-state index contributed by atoms with van der Waals surface area (Å²) >= 11 is 1.51. The Kier molecular flexibility index (Phi) is 7.26. The topological polar surface area (TPSA) is 177 Å². The predicted molar refractivity (Wildman–Crippen MR) is 81.4 cm³/mol. The highest BCUT2D eigenvalue weighted by atomic mass is 32.2. The zero-order chi connectivity index (χ0) is 17.6. The Bertz CT molecular complexity index is 488. The molecule has 7 N–H and O–H groups in total. The quantitative estimate of drug-likeness (QED) is 0.259. The molecule has 0 radical (unpaired) electrons. The number of aliphatic carboxylic acids is 1. The van der Waals surface area contributed by atoms with E-state index in [0.29, 0.717) is 12.2 Å². The van der Waals surface area contributed by atoms with Gasteiger partial charge < -0.3 is 31.9 Å². The van der Waals surface area contributed by atoms with E-state index in [1.54, 1.807) is 0 Å². The predicted octanol–water partition coefficient (Wildman–Crippen LogP) is -2.99. The summed E-state index contributed by atoms with van der Waals surface area (Å²) in [7, 11) is 0. The summed E-state index contributed by atoms with van der Waals surface area (Å²) in [6.07, 6.45) is 0.260. The first-order chi connectivity index (χ1) is 10.8. The van der Waals surface area contributed by atoms with Gasteiger partial charge in [0.05, 0.1) is 6.04 Å². The van der Waals surface area contributed by atoms with Crippen molar-refractivity contribution in [1.29, 1.82) is 0 Å². The van der Waals surface area contributed by atoms with Gasteiger partial charge in [0.1, 0.15) is 6.04 Å². The van der Waals surface area contributed by atoms with Gasteiger partial charge in [0.2, 0.25) is 11.8 Å². The number of nitrogens with one attached hydrogen (secondary N) is 2. The Hall–Kier alpha value is -1.85. The Morgan fingerprint density at radius 3 is 2.43 bits per heavy atom. The number of thioether (sulfide) groups is 1. The number of carboxylic acids is 1. The number of epoxide rings is 1. The number of carbonyl (C=O) groups is 4. The van der Waals surface area contributed by atoms with Crippen molar-refractivity contribution in [2.24, 2.45) is 11.5 Å². The Morgan fingerprint density at radius 1 is 1.30 bits per heavy atom. The summed E-state index contributed by atoms with van der Waals surface area (Å²) in [6, 6.07) is -2.16. The van der Waals surface area contributed by atoms with Crippen molar-refractivity contribution >= 4 is 35.5 Å². The van der Waals surface area contributed by atoms with E-state index in [1.807, 2.05) is 6.26 Å². The molecule has 10 nitrogen and oxygen atoms in total. The van der Waals surface area contributed by atoms with Crippen molar-refractivity contribution < 1.29 is 29.0 Å². The van der Waals surface area contributed by atoms with E-state index in [9.17, 15) is 19.2 Å². The number of ether oxygens (including phenoxy) is 1. The van der Waals surface area contributed by atoms with Crippen molar-refractivity contribution in [1.82, 2.24) is 10.6 Å². The molecule has 0 aliphatic carbocycles.